The summed E-state index contributed by atoms with van der Waals surface area (Å²) in [5.74, 6) is -0.266. The highest BCUT2D eigenvalue weighted by Crippen LogP contribution is 2.22. The van der Waals surface area contributed by atoms with Crippen molar-refractivity contribution in [1.82, 2.24) is 10.2 Å². The lowest BCUT2D eigenvalue weighted by molar-refractivity contribution is -0.124. The van der Waals surface area contributed by atoms with Gasteiger partial charge in [-0.15, -0.1) is 0 Å². The number of amides is 2. The molecule has 0 aromatic heterocycles. The molecule has 3 aromatic rings. The molecule has 1 saturated heterocycles. The molecule has 0 radical (unpaired) electrons. The Bertz CT molecular complexity index is 1030. The molecule has 3 aromatic carbocycles. The summed E-state index contributed by atoms with van der Waals surface area (Å²) in [4.78, 5) is 27.3. The van der Waals surface area contributed by atoms with Gasteiger partial charge in [0.15, 0.2) is 0 Å². The van der Waals surface area contributed by atoms with Crippen LogP contribution in [-0.2, 0) is 11.2 Å². The lowest BCUT2D eigenvalue weighted by Crippen LogP contribution is -2.37. The molecular weight excluding hydrogens is 372 g/mol. The van der Waals surface area contributed by atoms with Crippen LogP contribution in [-0.4, -0.2) is 36.3 Å². The molecule has 1 N–H and O–H groups in total. The van der Waals surface area contributed by atoms with Crippen LogP contribution in [0.4, 0.5) is 0 Å². The predicted octanol–water partition coefficient (Wildman–Crippen LogP) is 4.09. The van der Waals surface area contributed by atoms with E-state index < -0.39 is 0 Å². The first kappa shape index (κ1) is 19.9. The highest BCUT2D eigenvalue weighted by molar-refractivity contribution is 5.94. The van der Waals surface area contributed by atoms with Crippen LogP contribution in [0.15, 0.2) is 78.9 Å². The number of carbonyl (C=O) groups is 2. The van der Waals surface area contributed by atoms with Gasteiger partial charge < -0.3 is 10.2 Å². The van der Waals surface area contributed by atoms with E-state index in [0.29, 0.717) is 31.6 Å². The van der Waals surface area contributed by atoms with Gasteiger partial charge in [-0.1, -0.05) is 72.3 Å². The van der Waals surface area contributed by atoms with Gasteiger partial charge >= 0.3 is 0 Å². The Morgan fingerprint density at radius 2 is 1.73 bits per heavy atom. The fourth-order valence-electron chi connectivity index (χ4n) is 3.95. The highest BCUT2D eigenvalue weighted by Gasteiger charge is 2.28. The minimum Gasteiger partial charge on any atom is -0.354 e. The van der Waals surface area contributed by atoms with E-state index in [-0.39, 0.29) is 17.7 Å². The number of aryl methyl sites for hydroxylation is 1. The molecule has 1 fully saturated rings. The summed E-state index contributed by atoms with van der Waals surface area (Å²) < 4.78 is 0. The van der Waals surface area contributed by atoms with E-state index in [9.17, 15) is 9.59 Å². The van der Waals surface area contributed by atoms with Crippen LogP contribution in [0.1, 0.15) is 21.5 Å². The number of nitrogens with one attached hydrogen (secondary N) is 1. The molecule has 4 rings (SSSR count). The van der Waals surface area contributed by atoms with Crippen LogP contribution in [0, 0.1) is 12.8 Å². The average Bonchev–Trinajstić information content (AvgIpc) is 2.96. The van der Waals surface area contributed by atoms with Gasteiger partial charge in [-0.3, -0.25) is 9.59 Å². The summed E-state index contributed by atoms with van der Waals surface area (Å²) in [6.07, 6.45) is 0.610. The number of benzene rings is 3. The van der Waals surface area contributed by atoms with Crippen LogP contribution in [0.25, 0.3) is 11.1 Å². The summed E-state index contributed by atoms with van der Waals surface area (Å²) >= 11 is 0. The number of hydrogen-bond acceptors (Lipinski definition) is 2. The second-order valence-corrected chi connectivity index (χ2v) is 7.88. The van der Waals surface area contributed by atoms with E-state index in [4.69, 9.17) is 0 Å². The first-order valence-corrected chi connectivity index (χ1v) is 10.4. The lowest BCUT2D eigenvalue weighted by atomic mass is 9.95. The minimum atomic E-state index is -0.259. The molecule has 1 atom stereocenters. The van der Waals surface area contributed by atoms with Gasteiger partial charge in [0.1, 0.15) is 0 Å². The summed E-state index contributed by atoms with van der Waals surface area (Å²) in [5, 5.41) is 2.96. The average molecular weight is 399 g/mol. The van der Waals surface area contributed by atoms with Gasteiger partial charge in [0.25, 0.3) is 5.91 Å². The monoisotopic (exact) mass is 398 g/mol. The molecule has 2 amide bonds. The Hall–Kier alpha value is -3.40. The summed E-state index contributed by atoms with van der Waals surface area (Å²) in [6.45, 7) is 3.53. The maximum absolute atomic E-state index is 12.9. The van der Waals surface area contributed by atoms with E-state index in [1.807, 2.05) is 30.3 Å². The SMILES string of the molecule is Cc1cccc(-c2ccc(C[C@@H]3CN(C(=O)c4ccccc4)CCNC3=O)cc2)c1. The molecule has 0 bridgehead atoms. The van der Waals surface area contributed by atoms with E-state index >= 15 is 0 Å². The molecule has 4 heteroatoms. The molecular formula is C26H26N2O2. The van der Waals surface area contributed by atoms with Crippen LogP contribution in [0.3, 0.4) is 0 Å². The Balaban J connectivity index is 1.48. The quantitative estimate of drug-likeness (QED) is 0.720. The number of nitrogens with zero attached hydrogens (tertiary/aromatic N) is 1. The zero-order valence-electron chi connectivity index (χ0n) is 17.2. The largest absolute Gasteiger partial charge is 0.354 e. The van der Waals surface area contributed by atoms with Gasteiger partial charge in [0, 0.05) is 25.2 Å². The van der Waals surface area contributed by atoms with E-state index in [1.165, 1.54) is 11.1 Å². The zero-order chi connectivity index (χ0) is 20.9. The van der Waals surface area contributed by atoms with E-state index in [1.54, 1.807) is 4.90 Å². The van der Waals surface area contributed by atoms with Crippen molar-refractivity contribution < 1.29 is 9.59 Å². The second-order valence-electron chi connectivity index (χ2n) is 7.88. The van der Waals surface area contributed by atoms with Crippen molar-refractivity contribution in [3.63, 3.8) is 0 Å². The smallest absolute Gasteiger partial charge is 0.253 e. The first-order valence-electron chi connectivity index (χ1n) is 10.4. The van der Waals surface area contributed by atoms with Crippen molar-refractivity contribution in [1.29, 1.82) is 0 Å². The Morgan fingerprint density at radius 3 is 2.47 bits per heavy atom. The molecule has 1 aliphatic rings. The van der Waals surface area contributed by atoms with E-state index in [0.717, 1.165) is 11.1 Å². The second kappa shape index (κ2) is 8.95. The van der Waals surface area contributed by atoms with Crippen molar-refractivity contribution in [3.05, 3.63) is 95.6 Å². The normalized spacial score (nSPS) is 16.6. The Morgan fingerprint density at radius 1 is 0.967 bits per heavy atom. The molecule has 30 heavy (non-hydrogen) atoms. The number of hydrogen-bond donors (Lipinski definition) is 1. The third-order valence-corrected chi connectivity index (χ3v) is 5.59. The maximum Gasteiger partial charge on any atom is 0.253 e. The van der Waals surface area contributed by atoms with Crippen LogP contribution < -0.4 is 5.32 Å². The van der Waals surface area contributed by atoms with Crippen molar-refractivity contribution in [2.45, 2.75) is 13.3 Å². The third kappa shape index (κ3) is 4.60. The van der Waals surface area contributed by atoms with Gasteiger partial charge in [-0.25, -0.2) is 0 Å². The number of rotatable bonds is 4. The summed E-state index contributed by atoms with van der Waals surface area (Å²) in [7, 11) is 0. The topological polar surface area (TPSA) is 49.4 Å². The zero-order valence-corrected chi connectivity index (χ0v) is 17.2. The van der Waals surface area contributed by atoms with Gasteiger partial charge in [0.2, 0.25) is 5.91 Å². The van der Waals surface area contributed by atoms with Gasteiger partial charge in [-0.05, 0) is 42.2 Å². The number of carbonyl (C=O) groups excluding carboxylic acids is 2. The van der Waals surface area contributed by atoms with Crippen molar-refractivity contribution in [2.75, 3.05) is 19.6 Å². The summed E-state index contributed by atoms with van der Waals surface area (Å²) in [6, 6.07) is 26.1. The Kier molecular flexibility index (Phi) is 5.94. The fraction of sp³-hybridized carbons (Fsp3) is 0.231. The summed E-state index contributed by atoms with van der Waals surface area (Å²) in [5.41, 5.74) is 5.34. The highest BCUT2D eigenvalue weighted by atomic mass is 16.2. The van der Waals surface area contributed by atoms with Crippen LogP contribution >= 0.6 is 0 Å². The third-order valence-electron chi connectivity index (χ3n) is 5.59. The predicted molar refractivity (Wildman–Crippen MR) is 119 cm³/mol. The van der Waals surface area contributed by atoms with Gasteiger partial charge in [0.05, 0.1) is 5.92 Å². The molecule has 152 valence electrons. The molecule has 0 aliphatic carbocycles. The standard InChI is InChI=1S/C26H26N2O2/c1-19-6-5-9-23(16-19)21-12-10-20(11-13-21)17-24-18-28(15-14-27-25(24)29)26(30)22-7-3-2-4-8-22/h2-13,16,24H,14-15,17-18H2,1H3,(H,27,29)/t24-/m1/s1. The van der Waals surface area contributed by atoms with Gasteiger partial charge in [-0.2, -0.15) is 0 Å². The van der Waals surface area contributed by atoms with Crippen molar-refractivity contribution in [2.24, 2.45) is 5.92 Å². The molecule has 0 unspecified atom stereocenters. The molecule has 1 aliphatic heterocycles. The van der Waals surface area contributed by atoms with E-state index in [2.05, 4.69) is 60.8 Å². The van der Waals surface area contributed by atoms with Crippen LogP contribution in [0.2, 0.25) is 0 Å². The lowest BCUT2D eigenvalue weighted by Gasteiger charge is -2.23. The maximum atomic E-state index is 12.9. The van der Waals surface area contributed by atoms with Crippen molar-refractivity contribution in [3.8, 4) is 11.1 Å². The minimum absolute atomic E-state index is 0.0149. The molecule has 0 saturated carbocycles. The first-order chi connectivity index (χ1) is 14.6. The van der Waals surface area contributed by atoms with Crippen LogP contribution in [0.5, 0.6) is 0 Å². The Labute approximate surface area is 177 Å². The van der Waals surface area contributed by atoms with Crippen molar-refractivity contribution >= 4 is 11.8 Å². The molecule has 1 heterocycles. The fourth-order valence-corrected chi connectivity index (χ4v) is 3.95. The molecule has 0 spiro atoms. The molecule has 4 nitrogen and oxygen atoms in total.